The van der Waals surface area contributed by atoms with Gasteiger partial charge in [-0.25, -0.2) is 0 Å². The maximum absolute atomic E-state index is 12.4. The molecular weight excluding hydrogens is 286 g/mol. The van der Waals surface area contributed by atoms with Crippen molar-refractivity contribution in [2.24, 2.45) is 0 Å². The van der Waals surface area contributed by atoms with E-state index in [1.165, 1.54) is 5.56 Å². The van der Waals surface area contributed by atoms with Crippen LogP contribution in [0.2, 0.25) is 0 Å². The number of likely N-dealkylation sites (N-methyl/N-ethyl adjacent to an activating group) is 1. The number of nitrogens with zero attached hydrogens (tertiary/aromatic N) is 2. The summed E-state index contributed by atoms with van der Waals surface area (Å²) in [7, 11) is 0. The lowest BCUT2D eigenvalue weighted by molar-refractivity contribution is -0.132. The predicted octanol–water partition coefficient (Wildman–Crippen LogP) is 2.88. The van der Waals surface area contributed by atoms with E-state index in [0.717, 1.165) is 18.8 Å². The number of aromatic nitrogens is 1. The summed E-state index contributed by atoms with van der Waals surface area (Å²) in [5.74, 6) is 0.148. The topological polar surface area (TPSA) is 37.3 Å². The number of rotatable bonds is 8. The van der Waals surface area contributed by atoms with Gasteiger partial charge in [0.1, 0.15) is 0 Å². The molecule has 1 heterocycles. The molecule has 0 saturated heterocycles. The first-order chi connectivity index (χ1) is 11.1. The average Bonchev–Trinajstić information content (AvgIpc) is 2.98. The van der Waals surface area contributed by atoms with Gasteiger partial charge in [0.15, 0.2) is 0 Å². The number of nitrogens with one attached hydrogen (secondary N) is 1. The van der Waals surface area contributed by atoms with Crippen LogP contribution in [0.1, 0.15) is 32.0 Å². The first kappa shape index (κ1) is 17.3. The van der Waals surface area contributed by atoms with Crippen LogP contribution in [0.15, 0.2) is 48.7 Å². The van der Waals surface area contributed by atoms with Gasteiger partial charge in [-0.3, -0.25) is 4.79 Å². The largest absolute Gasteiger partial charge is 0.345 e. The van der Waals surface area contributed by atoms with E-state index in [1.54, 1.807) is 0 Å². The fourth-order valence-corrected chi connectivity index (χ4v) is 2.59. The molecule has 0 aliphatic carbocycles. The second kappa shape index (κ2) is 8.53. The van der Waals surface area contributed by atoms with Crippen molar-refractivity contribution in [2.75, 3.05) is 13.1 Å². The summed E-state index contributed by atoms with van der Waals surface area (Å²) in [5, 5.41) is 3.12. The highest BCUT2D eigenvalue weighted by Gasteiger charge is 2.18. The standard InChI is InChI=1S/C19H27N3O/c1-4-20-13-19(23)22(16(2)3)15-18-11-8-12-21(18)14-17-9-6-5-7-10-17/h5-12,16,20H,4,13-15H2,1-3H3. The molecule has 1 amide bonds. The first-order valence-electron chi connectivity index (χ1n) is 8.30. The molecular formula is C19H27N3O. The summed E-state index contributed by atoms with van der Waals surface area (Å²) in [6.45, 7) is 8.81. The SMILES string of the molecule is CCNCC(=O)N(Cc1cccn1Cc1ccccc1)C(C)C. The van der Waals surface area contributed by atoms with E-state index >= 15 is 0 Å². The normalized spacial score (nSPS) is 11.0. The molecule has 0 spiro atoms. The fourth-order valence-electron chi connectivity index (χ4n) is 2.59. The summed E-state index contributed by atoms with van der Waals surface area (Å²) >= 11 is 0. The van der Waals surface area contributed by atoms with Crippen molar-refractivity contribution < 1.29 is 4.79 Å². The number of amides is 1. The van der Waals surface area contributed by atoms with Gasteiger partial charge in [0.2, 0.25) is 5.91 Å². The monoisotopic (exact) mass is 313 g/mol. The third-order valence-corrected chi connectivity index (χ3v) is 3.92. The van der Waals surface area contributed by atoms with Gasteiger partial charge in [0.25, 0.3) is 0 Å². The maximum Gasteiger partial charge on any atom is 0.237 e. The van der Waals surface area contributed by atoms with E-state index in [4.69, 9.17) is 0 Å². The van der Waals surface area contributed by atoms with Gasteiger partial charge in [-0.15, -0.1) is 0 Å². The van der Waals surface area contributed by atoms with E-state index in [0.29, 0.717) is 13.1 Å². The molecule has 1 aromatic heterocycles. The van der Waals surface area contributed by atoms with Crippen molar-refractivity contribution >= 4 is 5.91 Å². The van der Waals surface area contributed by atoms with Crippen LogP contribution >= 0.6 is 0 Å². The van der Waals surface area contributed by atoms with Gasteiger partial charge in [-0.1, -0.05) is 37.3 Å². The Morgan fingerprint density at radius 2 is 1.91 bits per heavy atom. The molecule has 1 aromatic carbocycles. The molecule has 4 nitrogen and oxygen atoms in total. The van der Waals surface area contributed by atoms with Gasteiger partial charge in [0.05, 0.1) is 13.1 Å². The molecule has 0 bridgehead atoms. The van der Waals surface area contributed by atoms with Crippen LogP contribution in [0, 0.1) is 0 Å². The lowest BCUT2D eigenvalue weighted by Gasteiger charge is -2.27. The van der Waals surface area contributed by atoms with Crippen molar-refractivity contribution in [2.45, 2.75) is 39.9 Å². The van der Waals surface area contributed by atoms with Gasteiger partial charge >= 0.3 is 0 Å². The molecule has 1 N–H and O–H groups in total. The highest BCUT2D eigenvalue weighted by Crippen LogP contribution is 2.12. The number of carbonyl (C=O) groups is 1. The van der Waals surface area contributed by atoms with Crippen LogP contribution in [0.3, 0.4) is 0 Å². The Bertz CT molecular complexity index is 604. The minimum Gasteiger partial charge on any atom is -0.345 e. The zero-order valence-electron chi connectivity index (χ0n) is 14.3. The van der Waals surface area contributed by atoms with Crippen LogP contribution in [0.5, 0.6) is 0 Å². The summed E-state index contributed by atoms with van der Waals surface area (Å²) in [4.78, 5) is 14.3. The number of hydrogen-bond acceptors (Lipinski definition) is 2. The lowest BCUT2D eigenvalue weighted by atomic mass is 10.2. The van der Waals surface area contributed by atoms with Crippen LogP contribution in [-0.4, -0.2) is 34.5 Å². The fraction of sp³-hybridized carbons (Fsp3) is 0.421. The molecule has 0 aliphatic rings. The predicted molar refractivity (Wildman–Crippen MR) is 94.2 cm³/mol. The van der Waals surface area contributed by atoms with E-state index in [2.05, 4.69) is 60.3 Å². The van der Waals surface area contributed by atoms with Gasteiger partial charge in [0, 0.05) is 24.5 Å². The Kier molecular flexibility index (Phi) is 6.41. The molecule has 2 aromatic rings. The second-order valence-corrected chi connectivity index (χ2v) is 6.01. The Labute approximate surface area is 139 Å². The number of carbonyl (C=O) groups excluding carboxylic acids is 1. The quantitative estimate of drug-likeness (QED) is 0.813. The minimum absolute atomic E-state index is 0.148. The Hall–Kier alpha value is -2.07. The van der Waals surface area contributed by atoms with Crippen molar-refractivity contribution in [1.82, 2.24) is 14.8 Å². The lowest BCUT2D eigenvalue weighted by Crippen LogP contribution is -2.42. The Morgan fingerprint density at radius 3 is 2.57 bits per heavy atom. The summed E-state index contributed by atoms with van der Waals surface area (Å²) in [5.41, 5.74) is 2.42. The van der Waals surface area contributed by atoms with Crippen LogP contribution in [-0.2, 0) is 17.9 Å². The van der Waals surface area contributed by atoms with Crippen molar-refractivity contribution in [3.63, 3.8) is 0 Å². The molecule has 0 atom stereocenters. The summed E-state index contributed by atoms with van der Waals surface area (Å²) in [6.07, 6.45) is 2.08. The highest BCUT2D eigenvalue weighted by atomic mass is 16.2. The number of benzene rings is 1. The zero-order valence-corrected chi connectivity index (χ0v) is 14.3. The van der Waals surface area contributed by atoms with Crippen LogP contribution in [0.25, 0.3) is 0 Å². The summed E-state index contributed by atoms with van der Waals surface area (Å²) < 4.78 is 2.21. The van der Waals surface area contributed by atoms with Crippen LogP contribution in [0.4, 0.5) is 0 Å². The Balaban J connectivity index is 2.09. The maximum atomic E-state index is 12.4. The van der Waals surface area contributed by atoms with E-state index < -0.39 is 0 Å². The third kappa shape index (κ3) is 4.96. The molecule has 0 radical (unpaired) electrons. The van der Waals surface area contributed by atoms with Crippen molar-refractivity contribution in [3.05, 3.63) is 59.9 Å². The Morgan fingerprint density at radius 1 is 1.17 bits per heavy atom. The smallest absolute Gasteiger partial charge is 0.237 e. The minimum atomic E-state index is 0.148. The third-order valence-electron chi connectivity index (χ3n) is 3.92. The number of hydrogen-bond donors (Lipinski definition) is 1. The van der Waals surface area contributed by atoms with Crippen molar-refractivity contribution in [3.8, 4) is 0 Å². The van der Waals surface area contributed by atoms with E-state index in [1.807, 2.05) is 24.0 Å². The molecule has 23 heavy (non-hydrogen) atoms. The van der Waals surface area contributed by atoms with Gasteiger partial charge < -0.3 is 14.8 Å². The van der Waals surface area contributed by atoms with Crippen molar-refractivity contribution in [1.29, 1.82) is 0 Å². The second-order valence-electron chi connectivity index (χ2n) is 6.01. The first-order valence-corrected chi connectivity index (χ1v) is 8.30. The summed E-state index contributed by atoms with van der Waals surface area (Å²) in [6, 6.07) is 14.7. The molecule has 0 aliphatic heterocycles. The molecule has 2 rings (SSSR count). The van der Waals surface area contributed by atoms with Gasteiger partial charge in [-0.05, 0) is 38.1 Å². The van der Waals surface area contributed by atoms with E-state index in [9.17, 15) is 4.79 Å². The average molecular weight is 313 g/mol. The molecule has 0 unspecified atom stereocenters. The molecule has 0 saturated carbocycles. The molecule has 0 fully saturated rings. The zero-order chi connectivity index (χ0) is 16.7. The molecule has 4 heteroatoms. The van der Waals surface area contributed by atoms with E-state index in [-0.39, 0.29) is 11.9 Å². The molecule has 124 valence electrons. The van der Waals surface area contributed by atoms with Gasteiger partial charge in [-0.2, -0.15) is 0 Å². The van der Waals surface area contributed by atoms with Crippen LogP contribution < -0.4 is 5.32 Å². The highest BCUT2D eigenvalue weighted by molar-refractivity contribution is 5.78.